The van der Waals surface area contributed by atoms with Crippen molar-refractivity contribution < 1.29 is 9.53 Å². The number of piperidine rings is 1. The van der Waals surface area contributed by atoms with Crippen LogP contribution in [0.1, 0.15) is 30.6 Å². The second kappa shape index (κ2) is 8.63. The topological polar surface area (TPSA) is 57.7 Å². The average molecular weight is 346 g/mol. The summed E-state index contributed by atoms with van der Waals surface area (Å²) >= 11 is 0. The summed E-state index contributed by atoms with van der Waals surface area (Å²) in [4.78, 5) is 21.7. The van der Waals surface area contributed by atoms with Crippen molar-refractivity contribution in [3.8, 4) is 0 Å². The van der Waals surface area contributed by atoms with Crippen molar-refractivity contribution in [1.29, 1.82) is 0 Å². The summed E-state index contributed by atoms with van der Waals surface area (Å²) in [5.41, 5.74) is 0.657. The van der Waals surface area contributed by atoms with Gasteiger partial charge in [-0.3, -0.25) is 4.79 Å². The van der Waals surface area contributed by atoms with Crippen LogP contribution in [0, 0.1) is 11.8 Å². The third-order valence-corrected chi connectivity index (χ3v) is 5.00. The van der Waals surface area contributed by atoms with Crippen molar-refractivity contribution >= 4 is 11.7 Å². The SMILES string of the molecule is C[C@@H]1C[C@@H](C)CN(CCNC(=O)c2cccnc2N2CCOCC2)C1. The van der Waals surface area contributed by atoms with E-state index < -0.39 is 0 Å². The van der Waals surface area contributed by atoms with E-state index >= 15 is 0 Å². The molecule has 2 atom stereocenters. The van der Waals surface area contributed by atoms with Crippen molar-refractivity contribution in [3.05, 3.63) is 23.9 Å². The monoisotopic (exact) mass is 346 g/mol. The minimum atomic E-state index is -0.0345. The van der Waals surface area contributed by atoms with E-state index in [4.69, 9.17) is 4.74 Å². The Morgan fingerprint density at radius 1 is 1.28 bits per heavy atom. The zero-order chi connectivity index (χ0) is 17.6. The number of carbonyl (C=O) groups excluding carboxylic acids is 1. The van der Waals surface area contributed by atoms with Crippen molar-refractivity contribution in [1.82, 2.24) is 15.2 Å². The molecular formula is C19H30N4O2. The van der Waals surface area contributed by atoms with Gasteiger partial charge < -0.3 is 19.9 Å². The lowest BCUT2D eigenvalue weighted by Crippen LogP contribution is -2.43. The van der Waals surface area contributed by atoms with E-state index in [2.05, 4.69) is 33.9 Å². The molecular weight excluding hydrogens is 316 g/mol. The number of amides is 1. The summed E-state index contributed by atoms with van der Waals surface area (Å²) in [6.45, 7) is 11.4. The molecule has 3 heterocycles. The molecule has 0 unspecified atom stereocenters. The van der Waals surface area contributed by atoms with E-state index in [0.29, 0.717) is 25.3 Å². The second-order valence-electron chi connectivity index (χ2n) is 7.44. The first kappa shape index (κ1) is 18.1. The van der Waals surface area contributed by atoms with E-state index in [1.54, 1.807) is 6.20 Å². The highest BCUT2D eigenvalue weighted by molar-refractivity contribution is 5.98. The van der Waals surface area contributed by atoms with E-state index in [1.165, 1.54) is 6.42 Å². The summed E-state index contributed by atoms with van der Waals surface area (Å²) < 4.78 is 5.40. The lowest BCUT2D eigenvalue weighted by atomic mass is 9.92. The molecule has 0 spiro atoms. The van der Waals surface area contributed by atoms with Gasteiger partial charge in [-0.25, -0.2) is 4.98 Å². The Morgan fingerprint density at radius 2 is 2.00 bits per heavy atom. The van der Waals surface area contributed by atoms with Crippen LogP contribution in [0.25, 0.3) is 0 Å². The van der Waals surface area contributed by atoms with Gasteiger partial charge in [0.2, 0.25) is 0 Å². The number of likely N-dealkylation sites (tertiary alicyclic amines) is 1. The van der Waals surface area contributed by atoms with Crippen molar-refractivity contribution in [2.75, 3.05) is 57.4 Å². The third-order valence-electron chi connectivity index (χ3n) is 5.00. The van der Waals surface area contributed by atoms with Crippen LogP contribution in [0.3, 0.4) is 0 Å². The van der Waals surface area contributed by atoms with Gasteiger partial charge in [-0.05, 0) is 30.4 Å². The number of pyridine rings is 1. The Morgan fingerprint density at radius 3 is 2.72 bits per heavy atom. The van der Waals surface area contributed by atoms with Gasteiger partial charge in [-0.15, -0.1) is 0 Å². The summed E-state index contributed by atoms with van der Waals surface area (Å²) in [6, 6.07) is 3.69. The normalized spacial score (nSPS) is 25.0. The molecule has 2 aliphatic heterocycles. The van der Waals surface area contributed by atoms with Crippen LogP contribution in [0.5, 0.6) is 0 Å². The molecule has 1 N–H and O–H groups in total. The first-order valence-electron chi connectivity index (χ1n) is 9.41. The van der Waals surface area contributed by atoms with Crippen LogP contribution in [-0.2, 0) is 4.74 Å². The van der Waals surface area contributed by atoms with Crippen LogP contribution in [0.4, 0.5) is 5.82 Å². The lowest BCUT2D eigenvalue weighted by molar-refractivity contribution is 0.0935. The molecule has 6 nitrogen and oxygen atoms in total. The van der Waals surface area contributed by atoms with Crippen molar-refractivity contribution in [2.24, 2.45) is 11.8 Å². The Hall–Kier alpha value is -1.66. The van der Waals surface area contributed by atoms with E-state index in [1.807, 2.05) is 12.1 Å². The van der Waals surface area contributed by atoms with Crippen LogP contribution < -0.4 is 10.2 Å². The minimum Gasteiger partial charge on any atom is -0.378 e. The molecule has 0 aromatic carbocycles. The number of carbonyl (C=O) groups is 1. The van der Waals surface area contributed by atoms with Gasteiger partial charge in [-0.2, -0.15) is 0 Å². The van der Waals surface area contributed by atoms with Crippen molar-refractivity contribution in [3.63, 3.8) is 0 Å². The summed E-state index contributed by atoms with van der Waals surface area (Å²) in [5.74, 6) is 2.22. The maximum Gasteiger partial charge on any atom is 0.255 e. The average Bonchev–Trinajstić information content (AvgIpc) is 2.61. The Kier molecular flexibility index (Phi) is 6.26. The van der Waals surface area contributed by atoms with Crippen LogP contribution in [-0.4, -0.2) is 68.3 Å². The molecule has 3 rings (SSSR count). The third kappa shape index (κ3) is 4.92. The fourth-order valence-corrected chi connectivity index (χ4v) is 4.00. The highest BCUT2D eigenvalue weighted by atomic mass is 16.5. The molecule has 0 aliphatic carbocycles. The van der Waals surface area contributed by atoms with E-state index in [0.717, 1.165) is 50.4 Å². The molecule has 25 heavy (non-hydrogen) atoms. The number of rotatable bonds is 5. The summed E-state index contributed by atoms with van der Waals surface area (Å²) in [5, 5.41) is 3.08. The highest BCUT2D eigenvalue weighted by Crippen LogP contribution is 2.21. The van der Waals surface area contributed by atoms with Gasteiger partial charge in [-0.1, -0.05) is 13.8 Å². The molecule has 0 saturated carbocycles. The number of aromatic nitrogens is 1. The number of nitrogens with one attached hydrogen (secondary N) is 1. The van der Waals surface area contributed by atoms with Gasteiger partial charge in [0, 0.05) is 45.5 Å². The highest BCUT2D eigenvalue weighted by Gasteiger charge is 2.22. The summed E-state index contributed by atoms with van der Waals surface area (Å²) in [6.07, 6.45) is 3.06. The Balaban J connectivity index is 1.54. The molecule has 1 amide bonds. The maximum absolute atomic E-state index is 12.7. The Labute approximate surface area is 150 Å². The number of hydrogen-bond acceptors (Lipinski definition) is 5. The summed E-state index contributed by atoms with van der Waals surface area (Å²) in [7, 11) is 0. The fourth-order valence-electron chi connectivity index (χ4n) is 4.00. The van der Waals surface area contributed by atoms with Crippen LogP contribution in [0.15, 0.2) is 18.3 Å². The molecule has 2 aliphatic rings. The van der Waals surface area contributed by atoms with Crippen LogP contribution >= 0.6 is 0 Å². The van der Waals surface area contributed by atoms with Gasteiger partial charge in [0.25, 0.3) is 5.91 Å². The zero-order valence-electron chi connectivity index (χ0n) is 15.4. The maximum atomic E-state index is 12.7. The smallest absolute Gasteiger partial charge is 0.255 e. The fraction of sp³-hybridized carbons (Fsp3) is 0.684. The molecule has 2 saturated heterocycles. The number of anilines is 1. The molecule has 0 bridgehead atoms. The molecule has 6 heteroatoms. The molecule has 2 fully saturated rings. The lowest BCUT2D eigenvalue weighted by Gasteiger charge is -2.35. The molecule has 138 valence electrons. The van der Waals surface area contributed by atoms with Gasteiger partial charge in [0.05, 0.1) is 18.8 Å². The quantitative estimate of drug-likeness (QED) is 0.878. The zero-order valence-corrected chi connectivity index (χ0v) is 15.4. The van der Waals surface area contributed by atoms with E-state index in [-0.39, 0.29) is 5.91 Å². The minimum absolute atomic E-state index is 0.0345. The van der Waals surface area contributed by atoms with Crippen molar-refractivity contribution in [2.45, 2.75) is 20.3 Å². The van der Waals surface area contributed by atoms with Gasteiger partial charge >= 0.3 is 0 Å². The van der Waals surface area contributed by atoms with Gasteiger partial charge in [0.15, 0.2) is 0 Å². The van der Waals surface area contributed by atoms with E-state index in [9.17, 15) is 4.79 Å². The number of nitrogens with zero attached hydrogens (tertiary/aromatic N) is 3. The first-order chi connectivity index (χ1) is 12.1. The number of hydrogen-bond donors (Lipinski definition) is 1. The van der Waals surface area contributed by atoms with Gasteiger partial charge in [0.1, 0.15) is 5.82 Å². The molecule has 1 aromatic rings. The predicted octanol–water partition coefficient (Wildman–Crippen LogP) is 1.63. The second-order valence-corrected chi connectivity index (χ2v) is 7.44. The standard InChI is InChI=1S/C19H30N4O2/c1-15-12-16(2)14-22(13-15)7-6-21-19(24)17-4-3-5-20-18(17)23-8-10-25-11-9-23/h3-5,15-16H,6-14H2,1-2H3,(H,21,24)/t15-,16-/m1/s1. The predicted molar refractivity (Wildman–Crippen MR) is 99.0 cm³/mol. The number of ether oxygens (including phenoxy) is 1. The number of morpholine rings is 1. The first-order valence-corrected chi connectivity index (χ1v) is 9.41. The molecule has 1 aromatic heterocycles. The van der Waals surface area contributed by atoms with Crippen LogP contribution in [0.2, 0.25) is 0 Å². The largest absolute Gasteiger partial charge is 0.378 e. The molecule has 0 radical (unpaired) electrons. The Bertz CT molecular complexity index is 564.